The van der Waals surface area contributed by atoms with E-state index in [1.54, 1.807) is 19.9 Å². The molecular formula is C8H15NO2. The lowest BCUT2D eigenvalue weighted by atomic mass is 9.88. The largest absolute Gasteiger partial charge is 0.381 e. The zero-order chi connectivity index (χ0) is 8.91. The molecule has 0 radical (unpaired) electrons. The summed E-state index contributed by atoms with van der Waals surface area (Å²) in [6.45, 7) is 6.52. The first-order chi connectivity index (χ1) is 5.04. The third kappa shape index (κ3) is 3.35. The number of rotatable bonds is 4. The van der Waals surface area contributed by atoms with Crippen LogP contribution in [0.1, 0.15) is 20.8 Å². The molecule has 0 bridgehead atoms. The molecule has 0 aromatic heterocycles. The van der Waals surface area contributed by atoms with Crippen LogP contribution in [0.2, 0.25) is 0 Å². The average Bonchev–Trinajstić information content (AvgIpc) is 1.99. The summed E-state index contributed by atoms with van der Waals surface area (Å²) >= 11 is 0. The first-order valence-corrected chi connectivity index (χ1v) is 3.70. The summed E-state index contributed by atoms with van der Waals surface area (Å²) in [5.41, 5.74) is -0.467. The standard InChI is InChI=1S/C8H15NO2/c1-4-11-6-8(2,3)7(10)5-9/h7,10H,4,6H2,1-3H3. The molecule has 0 rings (SSSR count). The number of ether oxygens (including phenoxy) is 1. The van der Waals surface area contributed by atoms with Gasteiger partial charge in [0.1, 0.15) is 6.10 Å². The minimum Gasteiger partial charge on any atom is -0.381 e. The molecular weight excluding hydrogens is 142 g/mol. The Kier molecular flexibility index (Phi) is 4.09. The highest BCUT2D eigenvalue weighted by molar-refractivity contribution is 4.93. The molecule has 0 aliphatic carbocycles. The van der Waals surface area contributed by atoms with Crippen LogP contribution < -0.4 is 0 Å². The number of aliphatic hydroxyl groups is 1. The highest BCUT2D eigenvalue weighted by atomic mass is 16.5. The SMILES string of the molecule is CCOCC(C)(C)C(O)C#N. The zero-order valence-corrected chi connectivity index (χ0v) is 7.29. The predicted molar refractivity (Wildman–Crippen MR) is 41.9 cm³/mol. The van der Waals surface area contributed by atoms with Crippen molar-refractivity contribution in [2.24, 2.45) is 5.41 Å². The van der Waals surface area contributed by atoms with E-state index in [4.69, 9.17) is 10.00 Å². The normalized spacial score (nSPS) is 14.1. The van der Waals surface area contributed by atoms with Gasteiger partial charge in [-0.05, 0) is 6.92 Å². The van der Waals surface area contributed by atoms with Gasteiger partial charge < -0.3 is 9.84 Å². The molecule has 0 spiro atoms. The first-order valence-electron chi connectivity index (χ1n) is 3.70. The maximum atomic E-state index is 9.17. The van der Waals surface area contributed by atoms with Crippen LogP contribution >= 0.6 is 0 Å². The van der Waals surface area contributed by atoms with E-state index in [1.165, 1.54) is 0 Å². The molecule has 0 saturated heterocycles. The Balaban J connectivity index is 3.90. The molecule has 0 aromatic rings. The van der Waals surface area contributed by atoms with Crippen LogP contribution in [-0.2, 0) is 4.74 Å². The summed E-state index contributed by atoms with van der Waals surface area (Å²) in [7, 11) is 0. The summed E-state index contributed by atoms with van der Waals surface area (Å²) in [5, 5.41) is 17.6. The molecule has 3 nitrogen and oxygen atoms in total. The van der Waals surface area contributed by atoms with Gasteiger partial charge in [-0.3, -0.25) is 0 Å². The quantitative estimate of drug-likeness (QED) is 0.618. The minimum absolute atomic E-state index is 0.415. The van der Waals surface area contributed by atoms with Crippen LogP contribution in [0.25, 0.3) is 0 Å². The molecule has 3 heteroatoms. The van der Waals surface area contributed by atoms with Crippen molar-refractivity contribution in [3.63, 3.8) is 0 Å². The van der Waals surface area contributed by atoms with Crippen LogP contribution in [0.3, 0.4) is 0 Å². The molecule has 0 aliphatic heterocycles. The molecule has 0 fully saturated rings. The van der Waals surface area contributed by atoms with Gasteiger partial charge in [-0.2, -0.15) is 5.26 Å². The van der Waals surface area contributed by atoms with Gasteiger partial charge in [-0.1, -0.05) is 13.8 Å². The van der Waals surface area contributed by atoms with Crippen molar-refractivity contribution in [2.75, 3.05) is 13.2 Å². The van der Waals surface area contributed by atoms with Crippen molar-refractivity contribution in [2.45, 2.75) is 26.9 Å². The lowest BCUT2D eigenvalue weighted by Crippen LogP contribution is -2.32. The van der Waals surface area contributed by atoms with Gasteiger partial charge in [0.15, 0.2) is 0 Å². The van der Waals surface area contributed by atoms with Crippen molar-refractivity contribution < 1.29 is 9.84 Å². The average molecular weight is 157 g/mol. The number of nitrogens with zero attached hydrogens (tertiary/aromatic N) is 1. The van der Waals surface area contributed by atoms with E-state index < -0.39 is 11.5 Å². The molecule has 1 unspecified atom stereocenters. The van der Waals surface area contributed by atoms with Gasteiger partial charge >= 0.3 is 0 Å². The van der Waals surface area contributed by atoms with E-state index in [2.05, 4.69) is 0 Å². The molecule has 64 valence electrons. The maximum Gasteiger partial charge on any atom is 0.147 e. The summed E-state index contributed by atoms with van der Waals surface area (Å²) < 4.78 is 5.11. The Bertz CT molecular complexity index is 149. The number of hydrogen-bond donors (Lipinski definition) is 1. The van der Waals surface area contributed by atoms with Crippen LogP contribution in [-0.4, -0.2) is 24.4 Å². The highest BCUT2D eigenvalue weighted by Crippen LogP contribution is 2.20. The van der Waals surface area contributed by atoms with Gasteiger partial charge in [-0.15, -0.1) is 0 Å². The summed E-state index contributed by atoms with van der Waals surface area (Å²) in [4.78, 5) is 0. The Morgan fingerprint density at radius 2 is 2.18 bits per heavy atom. The van der Waals surface area contributed by atoms with Gasteiger partial charge in [0, 0.05) is 12.0 Å². The van der Waals surface area contributed by atoms with Crippen molar-refractivity contribution in [1.29, 1.82) is 5.26 Å². The van der Waals surface area contributed by atoms with Gasteiger partial charge in [0.05, 0.1) is 12.7 Å². The highest BCUT2D eigenvalue weighted by Gasteiger charge is 2.27. The summed E-state index contributed by atoms with van der Waals surface area (Å²) in [5.74, 6) is 0. The predicted octanol–water partition coefficient (Wildman–Crippen LogP) is 0.934. The van der Waals surface area contributed by atoms with Crippen LogP contribution in [0.15, 0.2) is 0 Å². The third-order valence-electron chi connectivity index (χ3n) is 1.54. The van der Waals surface area contributed by atoms with Crippen LogP contribution in [0, 0.1) is 16.7 Å². The van der Waals surface area contributed by atoms with Crippen LogP contribution in [0.4, 0.5) is 0 Å². The topological polar surface area (TPSA) is 53.2 Å². The maximum absolute atomic E-state index is 9.17. The summed E-state index contributed by atoms with van der Waals surface area (Å²) in [6, 6.07) is 1.79. The smallest absolute Gasteiger partial charge is 0.147 e. The fraction of sp³-hybridized carbons (Fsp3) is 0.875. The minimum atomic E-state index is -0.950. The van der Waals surface area contributed by atoms with E-state index >= 15 is 0 Å². The second-order valence-electron chi connectivity index (χ2n) is 3.16. The molecule has 11 heavy (non-hydrogen) atoms. The zero-order valence-electron chi connectivity index (χ0n) is 7.29. The van der Waals surface area contributed by atoms with Crippen LogP contribution in [0.5, 0.6) is 0 Å². The van der Waals surface area contributed by atoms with Gasteiger partial charge in [-0.25, -0.2) is 0 Å². The van der Waals surface area contributed by atoms with E-state index in [0.717, 1.165) is 0 Å². The summed E-state index contributed by atoms with van der Waals surface area (Å²) in [6.07, 6.45) is -0.950. The van der Waals surface area contributed by atoms with Crippen molar-refractivity contribution in [1.82, 2.24) is 0 Å². The molecule has 0 aromatic carbocycles. The van der Waals surface area contributed by atoms with E-state index in [1.807, 2.05) is 6.92 Å². The third-order valence-corrected chi connectivity index (χ3v) is 1.54. The molecule has 0 saturated carbocycles. The second-order valence-corrected chi connectivity index (χ2v) is 3.16. The van der Waals surface area contributed by atoms with Crippen molar-refractivity contribution in [3.8, 4) is 6.07 Å². The molecule has 1 N–H and O–H groups in total. The Labute approximate surface area is 67.6 Å². The van der Waals surface area contributed by atoms with Gasteiger partial charge in [0.2, 0.25) is 0 Å². The van der Waals surface area contributed by atoms with E-state index in [0.29, 0.717) is 13.2 Å². The Morgan fingerprint density at radius 1 is 1.64 bits per heavy atom. The fourth-order valence-corrected chi connectivity index (χ4v) is 0.619. The van der Waals surface area contributed by atoms with E-state index in [9.17, 15) is 5.11 Å². The van der Waals surface area contributed by atoms with Gasteiger partial charge in [0.25, 0.3) is 0 Å². The fourth-order valence-electron chi connectivity index (χ4n) is 0.619. The Hall–Kier alpha value is -0.590. The number of hydrogen-bond acceptors (Lipinski definition) is 3. The number of nitriles is 1. The first kappa shape index (κ1) is 10.4. The van der Waals surface area contributed by atoms with E-state index in [-0.39, 0.29) is 0 Å². The van der Waals surface area contributed by atoms with Crippen molar-refractivity contribution in [3.05, 3.63) is 0 Å². The lowest BCUT2D eigenvalue weighted by Gasteiger charge is -2.25. The monoisotopic (exact) mass is 157 g/mol. The molecule has 0 heterocycles. The molecule has 1 atom stereocenters. The lowest BCUT2D eigenvalue weighted by molar-refractivity contribution is 0.00531. The van der Waals surface area contributed by atoms with Crippen molar-refractivity contribution >= 4 is 0 Å². The molecule has 0 amide bonds. The second kappa shape index (κ2) is 4.32. The Morgan fingerprint density at radius 3 is 2.55 bits per heavy atom. The number of aliphatic hydroxyl groups excluding tert-OH is 1. The molecule has 0 aliphatic rings.